The fraction of sp³-hybridized carbons (Fsp3) is 0.250. The number of nitrogens with zero attached hydrogens (tertiary/aromatic N) is 1. The Morgan fingerprint density at radius 3 is 2.73 bits per heavy atom. The Balaban J connectivity index is 1.51. The normalized spacial score (nSPS) is 13.4. The minimum Gasteiger partial charge on any atom is -0.493 e. The van der Waals surface area contributed by atoms with Crippen LogP contribution in [0.3, 0.4) is 0 Å². The number of ether oxygens (including phenoxy) is 2. The Morgan fingerprint density at radius 2 is 1.92 bits per heavy atom. The Labute approximate surface area is 151 Å². The van der Waals surface area contributed by atoms with E-state index >= 15 is 0 Å². The quantitative estimate of drug-likeness (QED) is 0.755. The molecule has 0 atom stereocenters. The third-order valence-electron chi connectivity index (χ3n) is 4.80. The summed E-state index contributed by atoms with van der Waals surface area (Å²) < 4.78 is 10.5. The highest BCUT2D eigenvalue weighted by Gasteiger charge is 2.24. The maximum Gasteiger partial charge on any atom is 0.322 e. The lowest BCUT2D eigenvalue weighted by Gasteiger charge is -2.27. The number of carbonyl (C=O) groups excluding carboxylic acids is 1. The van der Waals surface area contributed by atoms with Gasteiger partial charge >= 0.3 is 6.03 Å². The molecule has 0 fully saturated rings. The summed E-state index contributed by atoms with van der Waals surface area (Å²) in [6.07, 6.45) is 0.846. The van der Waals surface area contributed by atoms with Gasteiger partial charge in [-0.15, -0.1) is 0 Å². The zero-order chi connectivity index (χ0) is 18.1. The Bertz CT molecular complexity index is 964. The van der Waals surface area contributed by atoms with E-state index in [4.69, 9.17) is 9.47 Å². The predicted octanol–water partition coefficient (Wildman–Crippen LogP) is 3.78. The van der Waals surface area contributed by atoms with Gasteiger partial charge in [-0.2, -0.15) is 0 Å². The van der Waals surface area contributed by atoms with Gasteiger partial charge in [-0.3, -0.25) is 0 Å². The van der Waals surface area contributed by atoms with Crippen LogP contribution >= 0.6 is 0 Å². The first-order valence-corrected chi connectivity index (χ1v) is 8.56. The van der Waals surface area contributed by atoms with Gasteiger partial charge in [0.2, 0.25) is 0 Å². The lowest BCUT2D eigenvalue weighted by Crippen LogP contribution is -2.38. The summed E-state index contributed by atoms with van der Waals surface area (Å²) in [5.41, 5.74) is 4.23. The maximum atomic E-state index is 12.7. The molecule has 3 aromatic rings. The highest BCUT2D eigenvalue weighted by molar-refractivity contribution is 5.91. The SMILES string of the molecule is COc1ccc(NC(=O)N2CCc3c([nH]c4ccccc34)C2)cc1OC. The van der Waals surface area contributed by atoms with Crippen molar-refractivity contribution in [2.24, 2.45) is 0 Å². The van der Waals surface area contributed by atoms with E-state index in [9.17, 15) is 4.79 Å². The fourth-order valence-electron chi connectivity index (χ4n) is 3.48. The van der Waals surface area contributed by atoms with Crippen molar-refractivity contribution in [3.05, 3.63) is 53.7 Å². The number of methoxy groups -OCH3 is 2. The van der Waals surface area contributed by atoms with E-state index in [1.54, 1.807) is 32.4 Å². The van der Waals surface area contributed by atoms with E-state index < -0.39 is 0 Å². The van der Waals surface area contributed by atoms with Crippen LogP contribution < -0.4 is 14.8 Å². The highest BCUT2D eigenvalue weighted by atomic mass is 16.5. The number of urea groups is 1. The molecule has 2 amide bonds. The second-order valence-corrected chi connectivity index (χ2v) is 6.30. The molecule has 26 heavy (non-hydrogen) atoms. The van der Waals surface area contributed by atoms with Gasteiger partial charge in [0.25, 0.3) is 0 Å². The molecule has 4 rings (SSSR count). The molecule has 1 aliphatic rings. The lowest BCUT2D eigenvalue weighted by molar-refractivity contribution is 0.206. The van der Waals surface area contributed by atoms with E-state index in [-0.39, 0.29) is 6.03 Å². The number of aromatic nitrogens is 1. The van der Waals surface area contributed by atoms with Crippen LogP contribution in [-0.2, 0) is 13.0 Å². The van der Waals surface area contributed by atoms with Gasteiger partial charge in [0, 0.05) is 34.9 Å². The van der Waals surface area contributed by atoms with Gasteiger partial charge < -0.3 is 24.7 Å². The standard InChI is InChI=1S/C20H21N3O3/c1-25-18-8-7-13(11-19(18)26-2)21-20(24)23-10-9-15-14-5-3-4-6-16(14)22-17(15)12-23/h3-8,11,22H,9-10,12H2,1-2H3,(H,21,24). The Kier molecular flexibility index (Phi) is 4.16. The summed E-state index contributed by atoms with van der Waals surface area (Å²) in [6, 6.07) is 13.5. The van der Waals surface area contributed by atoms with E-state index in [0.29, 0.717) is 30.3 Å². The average molecular weight is 351 g/mol. The third kappa shape index (κ3) is 2.83. The predicted molar refractivity (Wildman–Crippen MR) is 101 cm³/mol. The Morgan fingerprint density at radius 1 is 1.12 bits per heavy atom. The molecule has 6 heteroatoms. The number of rotatable bonds is 3. The highest BCUT2D eigenvalue weighted by Crippen LogP contribution is 2.31. The van der Waals surface area contributed by atoms with Crippen LogP contribution in [0.5, 0.6) is 11.5 Å². The smallest absolute Gasteiger partial charge is 0.322 e. The number of H-pyrrole nitrogens is 1. The Hall–Kier alpha value is -3.15. The van der Waals surface area contributed by atoms with Crippen molar-refractivity contribution in [2.45, 2.75) is 13.0 Å². The van der Waals surface area contributed by atoms with Crippen LogP contribution in [0.25, 0.3) is 10.9 Å². The summed E-state index contributed by atoms with van der Waals surface area (Å²) in [5.74, 6) is 1.22. The van der Waals surface area contributed by atoms with Crippen LogP contribution in [-0.4, -0.2) is 36.7 Å². The minimum absolute atomic E-state index is 0.124. The molecule has 0 saturated carbocycles. The second-order valence-electron chi connectivity index (χ2n) is 6.30. The second kappa shape index (κ2) is 6.63. The van der Waals surface area contributed by atoms with Crippen LogP contribution in [0.15, 0.2) is 42.5 Å². The molecule has 2 heterocycles. The molecule has 0 unspecified atom stereocenters. The van der Waals surface area contributed by atoms with Crippen molar-refractivity contribution in [1.29, 1.82) is 0 Å². The molecule has 6 nitrogen and oxygen atoms in total. The zero-order valence-corrected chi connectivity index (χ0v) is 14.8. The molecule has 0 saturated heterocycles. The number of fused-ring (bicyclic) bond motifs is 3. The van der Waals surface area contributed by atoms with Crippen molar-refractivity contribution in [3.63, 3.8) is 0 Å². The topological polar surface area (TPSA) is 66.6 Å². The zero-order valence-electron chi connectivity index (χ0n) is 14.8. The maximum absolute atomic E-state index is 12.7. The van der Waals surface area contributed by atoms with Crippen LogP contribution in [0.2, 0.25) is 0 Å². The number of amides is 2. The molecule has 134 valence electrons. The molecule has 2 aromatic carbocycles. The summed E-state index contributed by atoms with van der Waals surface area (Å²) >= 11 is 0. The average Bonchev–Trinajstić information content (AvgIpc) is 3.05. The van der Waals surface area contributed by atoms with Crippen molar-refractivity contribution < 1.29 is 14.3 Å². The van der Waals surface area contributed by atoms with Crippen molar-refractivity contribution in [3.8, 4) is 11.5 Å². The van der Waals surface area contributed by atoms with Gasteiger partial charge in [0.15, 0.2) is 11.5 Å². The molecular weight excluding hydrogens is 330 g/mol. The molecular formula is C20H21N3O3. The number of para-hydroxylation sites is 1. The van der Waals surface area contributed by atoms with Crippen molar-refractivity contribution in [2.75, 3.05) is 26.1 Å². The molecule has 2 N–H and O–H groups in total. The lowest BCUT2D eigenvalue weighted by atomic mass is 10.0. The molecule has 0 aliphatic carbocycles. The monoisotopic (exact) mass is 351 g/mol. The van der Waals surface area contributed by atoms with Crippen molar-refractivity contribution in [1.82, 2.24) is 9.88 Å². The summed E-state index contributed by atoms with van der Waals surface area (Å²) in [7, 11) is 3.16. The first kappa shape index (κ1) is 16.3. The number of aromatic amines is 1. The largest absolute Gasteiger partial charge is 0.493 e. The number of benzene rings is 2. The van der Waals surface area contributed by atoms with Gasteiger partial charge in [-0.05, 0) is 30.2 Å². The van der Waals surface area contributed by atoms with Crippen molar-refractivity contribution >= 4 is 22.6 Å². The minimum atomic E-state index is -0.124. The molecule has 1 aromatic heterocycles. The molecule has 0 bridgehead atoms. The number of carbonyl (C=O) groups is 1. The number of hydrogen-bond donors (Lipinski definition) is 2. The van der Waals surface area contributed by atoms with Crippen LogP contribution in [0.4, 0.5) is 10.5 Å². The van der Waals surface area contributed by atoms with Crippen LogP contribution in [0.1, 0.15) is 11.3 Å². The summed E-state index contributed by atoms with van der Waals surface area (Å²) in [6.45, 7) is 1.26. The first-order valence-electron chi connectivity index (χ1n) is 8.56. The summed E-state index contributed by atoms with van der Waals surface area (Å²) in [4.78, 5) is 17.9. The molecule has 0 radical (unpaired) electrons. The number of anilines is 1. The third-order valence-corrected chi connectivity index (χ3v) is 4.80. The van der Waals surface area contributed by atoms with E-state index in [1.807, 2.05) is 17.0 Å². The van der Waals surface area contributed by atoms with Gasteiger partial charge in [0.1, 0.15) is 0 Å². The van der Waals surface area contributed by atoms with Gasteiger partial charge in [-0.1, -0.05) is 18.2 Å². The van der Waals surface area contributed by atoms with Gasteiger partial charge in [0.05, 0.1) is 20.8 Å². The van der Waals surface area contributed by atoms with E-state index in [1.165, 1.54) is 10.9 Å². The fourth-order valence-corrected chi connectivity index (χ4v) is 3.48. The molecule has 1 aliphatic heterocycles. The van der Waals surface area contributed by atoms with Crippen LogP contribution in [0, 0.1) is 0 Å². The van der Waals surface area contributed by atoms with Gasteiger partial charge in [-0.25, -0.2) is 4.79 Å². The van der Waals surface area contributed by atoms with E-state index in [0.717, 1.165) is 17.6 Å². The summed E-state index contributed by atoms with van der Waals surface area (Å²) in [5, 5.41) is 4.19. The first-order chi connectivity index (χ1) is 12.7. The van der Waals surface area contributed by atoms with E-state index in [2.05, 4.69) is 22.4 Å². The number of nitrogens with one attached hydrogen (secondary N) is 2. The molecule has 0 spiro atoms. The number of hydrogen-bond acceptors (Lipinski definition) is 3.